The van der Waals surface area contributed by atoms with Crippen molar-refractivity contribution in [2.24, 2.45) is 12.2 Å². The first-order valence-electron chi connectivity index (χ1n) is 9.96. The summed E-state index contributed by atoms with van der Waals surface area (Å²) in [5, 5.41) is 19.6. The van der Waals surface area contributed by atoms with Crippen molar-refractivity contribution in [2.75, 3.05) is 24.3 Å². The molecule has 4 rings (SSSR count). The minimum absolute atomic E-state index is 0.102. The molecule has 36 heavy (non-hydrogen) atoms. The number of nitrogens with one attached hydrogen (secondary N) is 2. The third-order valence-corrected chi connectivity index (χ3v) is 8.15. The number of carboxylic acid groups (broad SMARTS) is 1. The fourth-order valence-corrected chi connectivity index (χ4v) is 6.39. The number of aromatic amines is 1. The van der Waals surface area contributed by atoms with Crippen molar-refractivity contribution in [3.63, 3.8) is 0 Å². The molecule has 5 N–H and O–H groups in total. The summed E-state index contributed by atoms with van der Waals surface area (Å²) in [6, 6.07) is -0.995. The van der Waals surface area contributed by atoms with E-state index in [1.807, 2.05) is 0 Å². The van der Waals surface area contributed by atoms with E-state index >= 15 is 0 Å². The number of nitrogen functional groups attached to an aromatic ring is 1. The highest BCUT2D eigenvalue weighted by Gasteiger charge is 2.54. The van der Waals surface area contributed by atoms with Gasteiger partial charge in [-0.05, 0) is 5.57 Å². The van der Waals surface area contributed by atoms with Crippen LogP contribution in [0, 0.1) is 0 Å². The number of nitrogens with two attached hydrogens (primary N) is 1. The van der Waals surface area contributed by atoms with Crippen LogP contribution >= 0.6 is 34.9 Å². The van der Waals surface area contributed by atoms with Crippen LogP contribution in [0.4, 0.5) is 5.13 Å². The lowest BCUT2D eigenvalue weighted by Crippen LogP contribution is -2.71. The molecular weight excluding hydrogens is 536 g/mol. The number of rotatable bonds is 8. The minimum Gasteiger partial charge on any atom is -0.477 e. The summed E-state index contributed by atoms with van der Waals surface area (Å²) in [5.74, 6) is -2.30. The topological polar surface area (TPSA) is 215 Å². The quantitative estimate of drug-likeness (QED) is 0.0953. The van der Waals surface area contributed by atoms with Crippen LogP contribution in [-0.2, 0) is 26.3 Å². The summed E-state index contributed by atoms with van der Waals surface area (Å²) >= 11 is 3.41. The first-order chi connectivity index (χ1) is 17.1. The molecule has 18 heteroatoms. The number of H-pyrrole nitrogens is 1. The summed E-state index contributed by atoms with van der Waals surface area (Å²) in [5.41, 5.74) is 4.00. The lowest BCUT2D eigenvalue weighted by atomic mass is 10.0. The molecule has 2 aromatic heterocycles. The fraction of sp³-hybridized carbons (Fsp3) is 0.333. The van der Waals surface area contributed by atoms with E-state index in [9.17, 15) is 29.1 Å². The number of aliphatic carboxylic acids is 1. The molecule has 2 aromatic rings. The van der Waals surface area contributed by atoms with Gasteiger partial charge in [-0.3, -0.25) is 33.9 Å². The van der Waals surface area contributed by atoms with E-state index < -0.39 is 40.3 Å². The summed E-state index contributed by atoms with van der Waals surface area (Å²) in [6.07, 6.45) is 0. The Morgan fingerprint density at radius 2 is 2.14 bits per heavy atom. The van der Waals surface area contributed by atoms with Gasteiger partial charge in [0, 0.05) is 23.9 Å². The van der Waals surface area contributed by atoms with Crippen molar-refractivity contribution in [2.45, 2.75) is 16.6 Å². The van der Waals surface area contributed by atoms with E-state index in [-0.39, 0.29) is 38.9 Å². The number of fused-ring (bicyclic) bond motifs is 1. The number of hydrogen-bond donors (Lipinski definition) is 4. The van der Waals surface area contributed by atoms with Gasteiger partial charge in [-0.1, -0.05) is 16.9 Å². The van der Waals surface area contributed by atoms with Gasteiger partial charge in [-0.15, -0.1) is 23.1 Å². The SMILES string of the molecule is CO/N=C(/C(=O)NC1C(=O)N2C(C(=O)O)=C(CSc3nc(=O)c(=O)[nH]n3C)CS[C@H]12)c1csc(N)n1. The maximum absolute atomic E-state index is 12.9. The molecule has 2 aliphatic rings. The molecule has 1 fully saturated rings. The van der Waals surface area contributed by atoms with Crippen LogP contribution in [0.2, 0.25) is 0 Å². The van der Waals surface area contributed by atoms with Gasteiger partial charge in [0.25, 0.3) is 11.8 Å². The number of aryl methyl sites for hydroxylation is 1. The Morgan fingerprint density at radius 1 is 1.39 bits per heavy atom. The Balaban J connectivity index is 1.51. The van der Waals surface area contributed by atoms with E-state index in [1.165, 1.54) is 36.0 Å². The molecule has 1 unspecified atom stereocenters. The molecule has 0 bridgehead atoms. The van der Waals surface area contributed by atoms with Crippen LogP contribution in [0.5, 0.6) is 0 Å². The van der Waals surface area contributed by atoms with Crippen LogP contribution in [-0.4, -0.2) is 83.3 Å². The molecule has 4 heterocycles. The number of thiazole rings is 1. The molecule has 2 amide bonds. The van der Waals surface area contributed by atoms with Gasteiger partial charge in [0.1, 0.15) is 29.9 Å². The summed E-state index contributed by atoms with van der Waals surface area (Å²) in [4.78, 5) is 74.3. The Kier molecular flexibility index (Phi) is 7.18. The zero-order valence-corrected chi connectivity index (χ0v) is 21.0. The van der Waals surface area contributed by atoms with E-state index in [0.717, 1.165) is 28.0 Å². The van der Waals surface area contributed by atoms with E-state index in [1.54, 1.807) is 0 Å². The molecule has 2 atom stereocenters. The fourth-order valence-electron chi connectivity index (χ4n) is 3.44. The first-order valence-corrected chi connectivity index (χ1v) is 12.9. The zero-order valence-electron chi connectivity index (χ0n) is 18.6. The lowest BCUT2D eigenvalue weighted by molar-refractivity contribution is -0.150. The van der Waals surface area contributed by atoms with Gasteiger partial charge in [0.05, 0.1) is 0 Å². The standard InChI is InChI=1S/C18H18N8O7S3/c1-25-18(22-12(28)13(29)23-25)36-4-6-3-34-15-9(14(30)26(15)10(6)16(31)32)21-11(27)8(24-33-2)7-5-35-17(19)20-7/h5,9,15H,3-4H2,1-2H3,(H2,19,20)(H,21,27)(H,23,29)(H,31,32)/b24-8+/t9?,15-/m1/s1. The number of carbonyl (C=O) groups is 3. The summed E-state index contributed by atoms with van der Waals surface area (Å²) in [6.45, 7) is 0. The second-order valence-corrected chi connectivity index (χ2v) is 10.2. The van der Waals surface area contributed by atoms with Gasteiger partial charge in [-0.2, -0.15) is 4.98 Å². The van der Waals surface area contributed by atoms with E-state index in [0.29, 0.717) is 5.57 Å². The predicted octanol–water partition coefficient (Wildman–Crippen LogP) is -1.61. The van der Waals surface area contributed by atoms with Gasteiger partial charge in [-0.25, -0.2) is 9.78 Å². The molecule has 2 aliphatic heterocycles. The molecule has 0 aliphatic carbocycles. The van der Waals surface area contributed by atoms with Crippen LogP contribution in [0.25, 0.3) is 0 Å². The Hall–Kier alpha value is -3.64. The van der Waals surface area contributed by atoms with Crippen molar-refractivity contribution in [1.29, 1.82) is 0 Å². The third-order valence-electron chi connectivity index (χ3n) is 5.02. The number of carbonyl (C=O) groups excluding carboxylic acids is 2. The van der Waals surface area contributed by atoms with E-state index in [2.05, 4.69) is 25.5 Å². The number of thioether (sulfide) groups is 2. The van der Waals surface area contributed by atoms with Gasteiger partial charge < -0.3 is 21.0 Å². The predicted molar refractivity (Wildman–Crippen MR) is 131 cm³/mol. The normalized spacial score (nSPS) is 19.6. The number of carboxylic acids is 1. The Morgan fingerprint density at radius 3 is 2.78 bits per heavy atom. The number of anilines is 1. The van der Waals surface area contributed by atoms with Crippen molar-refractivity contribution in [1.82, 2.24) is 30.0 Å². The smallest absolute Gasteiger partial charge is 0.352 e. The van der Waals surface area contributed by atoms with Crippen molar-refractivity contribution >= 4 is 63.5 Å². The monoisotopic (exact) mass is 554 g/mol. The molecular formula is C18H18N8O7S3. The number of hydrogen-bond acceptors (Lipinski definition) is 13. The van der Waals surface area contributed by atoms with Crippen molar-refractivity contribution < 1.29 is 24.3 Å². The highest BCUT2D eigenvalue weighted by Crippen LogP contribution is 2.41. The zero-order chi connectivity index (χ0) is 26.1. The largest absolute Gasteiger partial charge is 0.477 e. The molecule has 0 radical (unpaired) electrons. The number of amides is 2. The molecule has 0 spiro atoms. The van der Waals surface area contributed by atoms with Gasteiger partial charge >= 0.3 is 17.1 Å². The van der Waals surface area contributed by atoms with Gasteiger partial charge in [0.15, 0.2) is 16.0 Å². The number of β-lactam (4-membered cyclic amide) rings is 1. The second kappa shape index (κ2) is 10.2. The van der Waals surface area contributed by atoms with Crippen LogP contribution in [0.3, 0.4) is 0 Å². The van der Waals surface area contributed by atoms with Crippen LogP contribution in [0.1, 0.15) is 5.69 Å². The number of nitrogens with zero attached hydrogens (tertiary/aromatic N) is 5. The average molecular weight is 555 g/mol. The Bertz CT molecular complexity index is 1430. The van der Waals surface area contributed by atoms with Crippen LogP contribution < -0.4 is 22.2 Å². The second-order valence-electron chi connectivity index (χ2n) is 7.30. The highest BCUT2D eigenvalue weighted by molar-refractivity contribution is 8.01. The maximum atomic E-state index is 12.9. The third kappa shape index (κ3) is 4.73. The van der Waals surface area contributed by atoms with Crippen molar-refractivity contribution in [3.8, 4) is 0 Å². The average Bonchev–Trinajstić information content (AvgIpc) is 3.27. The Labute approximate surface area is 213 Å². The molecule has 0 aromatic carbocycles. The number of aromatic nitrogens is 4. The molecule has 1 saturated heterocycles. The summed E-state index contributed by atoms with van der Waals surface area (Å²) in [7, 11) is 2.74. The van der Waals surface area contributed by atoms with Gasteiger partial charge in [0.2, 0.25) is 0 Å². The van der Waals surface area contributed by atoms with Crippen LogP contribution in [0.15, 0.2) is 36.6 Å². The number of oxime groups is 1. The first kappa shape index (κ1) is 25.5. The molecule has 0 saturated carbocycles. The van der Waals surface area contributed by atoms with E-state index in [4.69, 9.17) is 10.6 Å². The molecule has 15 nitrogen and oxygen atoms in total. The molecule has 190 valence electrons. The minimum atomic E-state index is -1.31. The maximum Gasteiger partial charge on any atom is 0.352 e. The van der Waals surface area contributed by atoms with Crippen molar-refractivity contribution in [3.05, 3.63) is 43.1 Å². The lowest BCUT2D eigenvalue weighted by Gasteiger charge is -2.49. The highest BCUT2D eigenvalue weighted by atomic mass is 32.2. The summed E-state index contributed by atoms with van der Waals surface area (Å²) < 4.78 is 1.25.